The SMILES string of the molecule is Cc1c(C(=O)N[C@@H](C)CO)cnn1-c1ccccc1. The fourth-order valence-corrected chi connectivity index (χ4v) is 1.81. The maximum Gasteiger partial charge on any atom is 0.255 e. The normalized spacial score (nSPS) is 12.2. The molecule has 0 fully saturated rings. The van der Waals surface area contributed by atoms with Gasteiger partial charge in [-0.3, -0.25) is 4.79 Å². The molecular weight excluding hydrogens is 242 g/mol. The first-order chi connectivity index (χ1) is 9.13. The number of nitrogens with zero attached hydrogens (tertiary/aromatic N) is 2. The summed E-state index contributed by atoms with van der Waals surface area (Å²) >= 11 is 0. The second-order valence-electron chi connectivity index (χ2n) is 4.45. The minimum Gasteiger partial charge on any atom is -0.394 e. The van der Waals surface area contributed by atoms with Gasteiger partial charge in [0.25, 0.3) is 5.91 Å². The Bertz CT molecular complexity index is 563. The molecule has 0 radical (unpaired) electrons. The number of rotatable bonds is 4. The second kappa shape index (κ2) is 5.67. The van der Waals surface area contributed by atoms with Gasteiger partial charge in [-0.15, -0.1) is 0 Å². The van der Waals surface area contributed by atoms with Crippen LogP contribution in [0.2, 0.25) is 0 Å². The van der Waals surface area contributed by atoms with Gasteiger partial charge in [-0.2, -0.15) is 5.10 Å². The molecule has 2 aromatic rings. The van der Waals surface area contributed by atoms with Crippen LogP contribution in [0.15, 0.2) is 36.5 Å². The molecule has 0 saturated carbocycles. The van der Waals surface area contributed by atoms with Crippen molar-refractivity contribution in [3.05, 3.63) is 47.8 Å². The molecule has 0 aliphatic rings. The Balaban J connectivity index is 2.26. The molecule has 1 heterocycles. The van der Waals surface area contributed by atoms with Gasteiger partial charge < -0.3 is 10.4 Å². The van der Waals surface area contributed by atoms with Gasteiger partial charge in [0.1, 0.15) is 0 Å². The van der Waals surface area contributed by atoms with Crippen LogP contribution in [0.1, 0.15) is 23.0 Å². The Labute approximate surface area is 111 Å². The van der Waals surface area contributed by atoms with Crippen molar-refractivity contribution in [2.45, 2.75) is 19.9 Å². The lowest BCUT2D eigenvalue weighted by molar-refractivity contribution is 0.0921. The Kier molecular flexibility index (Phi) is 3.97. The van der Waals surface area contributed by atoms with Crippen molar-refractivity contribution >= 4 is 5.91 Å². The summed E-state index contributed by atoms with van der Waals surface area (Å²) in [5.74, 6) is -0.221. The smallest absolute Gasteiger partial charge is 0.255 e. The average molecular weight is 259 g/mol. The van der Waals surface area contributed by atoms with E-state index in [-0.39, 0.29) is 18.6 Å². The monoisotopic (exact) mass is 259 g/mol. The molecule has 0 saturated heterocycles. The fourth-order valence-electron chi connectivity index (χ4n) is 1.81. The summed E-state index contributed by atoms with van der Waals surface area (Å²) in [5, 5.41) is 15.9. The number of nitrogens with one attached hydrogen (secondary N) is 1. The van der Waals surface area contributed by atoms with E-state index in [4.69, 9.17) is 5.11 Å². The molecule has 0 spiro atoms. The summed E-state index contributed by atoms with van der Waals surface area (Å²) in [4.78, 5) is 12.0. The molecule has 0 unspecified atom stereocenters. The topological polar surface area (TPSA) is 67.2 Å². The van der Waals surface area contributed by atoms with E-state index in [2.05, 4.69) is 10.4 Å². The summed E-state index contributed by atoms with van der Waals surface area (Å²) in [6.45, 7) is 3.50. The predicted molar refractivity (Wildman–Crippen MR) is 72.3 cm³/mol. The van der Waals surface area contributed by atoms with Gasteiger partial charge in [-0.25, -0.2) is 4.68 Å². The number of aromatic nitrogens is 2. The first kappa shape index (κ1) is 13.3. The summed E-state index contributed by atoms with van der Waals surface area (Å²) in [6.07, 6.45) is 1.54. The third kappa shape index (κ3) is 2.82. The molecule has 0 bridgehead atoms. The van der Waals surface area contributed by atoms with Gasteiger partial charge in [0.2, 0.25) is 0 Å². The Hall–Kier alpha value is -2.14. The molecule has 0 aliphatic heterocycles. The van der Waals surface area contributed by atoms with Crippen molar-refractivity contribution in [1.82, 2.24) is 15.1 Å². The summed E-state index contributed by atoms with van der Waals surface area (Å²) in [6, 6.07) is 9.36. The molecule has 5 heteroatoms. The Morgan fingerprint density at radius 3 is 2.74 bits per heavy atom. The average Bonchev–Trinajstić information content (AvgIpc) is 2.81. The zero-order chi connectivity index (χ0) is 13.8. The highest BCUT2D eigenvalue weighted by molar-refractivity contribution is 5.95. The lowest BCUT2D eigenvalue weighted by Crippen LogP contribution is -2.35. The van der Waals surface area contributed by atoms with Gasteiger partial charge in [0, 0.05) is 6.04 Å². The number of aliphatic hydroxyl groups excluding tert-OH is 1. The van der Waals surface area contributed by atoms with Crippen molar-refractivity contribution in [2.24, 2.45) is 0 Å². The van der Waals surface area contributed by atoms with E-state index in [0.29, 0.717) is 5.56 Å². The number of carbonyl (C=O) groups is 1. The first-order valence-electron chi connectivity index (χ1n) is 6.15. The lowest BCUT2D eigenvalue weighted by atomic mass is 10.2. The molecular formula is C14H17N3O2. The molecule has 5 nitrogen and oxygen atoms in total. The number of benzene rings is 1. The summed E-state index contributed by atoms with van der Waals surface area (Å²) in [5.41, 5.74) is 2.20. The zero-order valence-electron chi connectivity index (χ0n) is 11.0. The van der Waals surface area contributed by atoms with E-state index >= 15 is 0 Å². The molecule has 1 atom stereocenters. The van der Waals surface area contributed by atoms with E-state index in [0.717, 1.165) is 11.4 Å². The lowest BCUT2D eigenvalue weighted by Gasteiger charge is -2.10. The maximum absolute atomic E-state index is 12.0. The predicted octanol–water partition coefficient (Wildman–Crippen LogP) is 1.29. The molecule has 100 valence electrons. The fraction of sp³-hybridized carbons (Fsp3) is 0.286. The number of hydrogen-bond acceptors (Lipinski definition) is 3. The molecule has 2 rings (SSSR count). The third-order valence-corrected chi connectivity index (χ3v) is 2.91. The van der Waals surface area contributed by atoms with Crippen LogP contribution in [0.5, 0.6) is 0 Å². The van der Waals surface area contributed by atoms with E-state index in [1.807, 2.05) is 37.3 Å². The van der Waals surface area contributed by atoms with Crippen LogP contribution in [0.25, 0.3) is 5.69 Å². The van der Waals surface area contributed by atoms with Crippen molar-refractivity contribution in [3.8, 4) is 5.69 Å². The van der Waals surface area contributed by atoms with E-state index in [9.17, 15) is 4.79 Å². The van der Waals surface area contributed by atoms with E-state index < -0.39 is 0 Å². The van der Waals surface area contributed by atoms with Crippen LogP contribution in [0.3, 0.4) is 0 Å². The van der Waals surface area contributed by atoms with Gasteiger partial charge in [-0.1, -0.05) is 18.2 Å². The minimum absolute atomic E-state index is 0.0857. The highest BCUT2D eigenvalue weighted by atomic mass is 16.3. The van der Waals surface area contributed by atoms with Gasteiger partial charge >= 0.3 is 0 Å². The highest BCUT2D eigenvalue weighted by Gasteiger charge is 2.16. The van der Waals surface area contributed by atoms with Crippen LogP contribution in [0.4, 0.5) is 0 Å². The molecule has 2 N–H and O–H groups in total. The summed E-state index contributed by atoms with van der Waals surface area (Å²) < 4.78 is 1.72. The Morgan fingerprint density at radius 1 is 1.42 bits per heavy atom. The Morgan fingerprint density at radius 2 is 2.11 bits per heavy atom. The minimum atomic E-state index is -0.271. The van der Waals surface area contributed by atoms with Crippen LogP contribution in [-0.2, 0) is 0 Å². The number of aliphatic hydroxyl groups is 1. The maximum atomic E-state index is 12.0. The molecule has 1 aromatic carbocycles. The number of carbonyl (C=O) groups excluding carboxylic acids is 1. The molecule has 1 amide bonds. The van der Waals surface area contributed by atoms with Crippen molar-refractivity contribution < 1.29 is 9.90 Å². The molecule has 1 aromatic heterocycles. The van der Waals surface area contributed by atoms with Gasteiger partial charge in [-0.05, 0) is 26.0 Å². The standard InChI is InChI=1S/C14H17N3O2/c1-10(9-18)16-14(19)13-8-15-17(11(13)2)12-6-4-3-5-7-12/h3-8,10,18H,9H2,1-2H3,(H,16,19)/t10-/m0/s1. The van der Waals surface area contributed by atoms with Gasteiger partial charge in [0.15, 0.2) is 0 Å². The first-order valence-corrected chi connectivity index (χ1v) is 6.15. The van der Waals surface area contributed by atoms with Crippen molar-refractivity contribution in [3.63, 3.8) is 0 Å². The van der Waals surface area contributed by atoms with E-state index in [1.165, 1.54) is 0 Å². The van der Waals surface area contributed by atoms with Crippen LogP contribution in [-0.4, -0.2) is 33.4 Å². The van der Waals surface area contributed by atoms with Crippen LogP contribution in [0, 0.1) is 6.92 Å². The quantitative estimate of drug-likeness (QED) is 0.869. The zero-order valence-corrected chi connectivity index (χ0v) is 11.0. The summed E-state index contributed by atoms with van der Waals surface area (Å²) in [7, 11) is 0. The highest BCUT2D eigenvalue weighted by Crippen LogP contribution is 2.13. The van der Waals surface area contributed by atoms with Crippen LogP contribution < -0.4 is 5.32 Å². The van der Waals surface area contributed by atoms with Crippen molar-refractivity contribution in [1.29, 1.82) is 0 Å². The number of amides is 1. The number of para-hydroxylation sites is 1. The molecule has 19 heavy (non-hydrogen) atoms. The molecule has 0 aliphatic carbocycles. The van der Waals surface area contributed by atoms with E-state index in [1.54, 1.807) is 17.8 Å². The number of hydrogen-bond donors (Lipinski definition) is 2. The van der Waals surface area contributed by atoms with Crippen LogP contribution >= 0.6 is 0 Å². The largest absolute Gasteiger partial charge is 0.394 e. The van der Waals surface area contributed by atoms with Gasteiger partial charge in [0.05, 0.1) is 29.7 Å². The van der Waals surface area contributed by atoms with Crippen molar-refractivity contribution in [2.75, 3.05) is 6.61 Å². The second-order valence-corrected chi connectivity index (χ2v) is 4.45. The third-order valence-electron chi connectivity index (χ3n) is 2.91.